The molecule has 25 heavy (non-hydrogen) atoms. The Labute approximate surface area is 154 Å². The predicted octanol–water partition coefficient (Wildman–Crippen LogP) is 2.46. The number of carbonyl (C=O) groups is 3. The Morgan fingerprint density at radius 2 is 1.88 bits per heavy atom. The maximum atomic E-state index is 12.7. The highest BCUT2D eigenvalue weighted by Crippen LogP contribution is 2.29. The average molecular weight is 389 g/mol. The molecule has 1 aliphatic heterocycles. The second-order valence-electron chi connectivity index (χ2n) is 5.86. The molecule has 2 atom stereocenters. The van der Waals surface area contributed by atoms with Crippen molar-refractivity contribution in [3.8, 4) is 0 Å². The maximum Gasteiger partial charge on any atom is 0.305 e. The fourth-order valence-electron chi connectivity index (χ4n) is 2.61. The maximum absolute atomic E-state index is 12.7. The number of hydrogen-bond donors (Lipinski definition) is 3. The summed E-state index contributed by atoms with van der Waals surface area (Å²) in [6, 6.07) is 3.87. The molecule has 2 rings (SSSR count). The highest BCUT2D eigenvalue weighted by molar-refractivity contribution is 6.35. The zero-order valence-corrected chi connectivity index (χ0v) is 15.0. The van der Waals surface area contributed by atoms with E-state index >= 15 is 0 Å². The molecule has 2 unspecified atom stereocenters. The first-order chi connectivity index (χ1) is 11.7. The van der Waals surface area contributed by atoms with Crippen LogP contribution < -0.4 is 10.6 Å². The van der Waals surface area contributed by atoms with Crippen molar-refractivity contribution in [2.45, 2.75) is 37.8 Å². The van der Waals surface area contributed by atoms with Crippen molar-refractivity contribution in [3.05, 3.63) is 28.2 Å². The Kier molecular flexibility index (Phi) is 6.26. The van der Waals surface area contributed by atoms with Gasteiger partial charge in [-0.05, 0) is 38.0 Å². The third-order valence-electron chi connectivity index (χ3n) is 3.73. The van der Waals surface area contributed by atoms with E-state index in [-0.39, 0.29) is 19.4 Å². The molecule has 1 saturated heterocycles. The van der Waals surface area contributed by atoms with E-state index in [4.69, 9.17) is 33.0 Å². The van der Waals surface area contributed by atoms with E-state index in [2.05, 4.69) is 10.6 Å². The molecule has 1 aliphatic rings. The largest absolute Gasteiger partial charge is 0.481 e. The summed E-state index contributed by atoms with van der Waals surface area (Å²) in [6.07, 6.45) is 0.469. The van der Waals surface area contributed by atoms with Crippen LogP contribution in [-0.4, -0.2) is 41.1 Å². The summed E-state index contributed by atoms with van der Waals surface area (Å²) in [4.78, 5) is 36.0. The molecule has 1 heterocycles. The minimum absolute atomic E-state index is 0.193. The van der Waals surface area contributed by atoms with Crippen molar-refractivity contribution in [1.82, 2.24) is 5.32 Å². The monoisotopic (exact) mass is 388 g/mol. The zero-order chi connectivity index (χ0) is 18.6. The molecule has 1 aromatic carbocycles. The van der Waals surface area contributed by atoms with Gasteiger partial charge in [0.15, 0.2) is 0 Å². The van der Waals surface area contributed by atoms with Crippen LogP contribution in [0.25, 0.3) is 0 Å². The third-order valence-corrected chi connectivity index (χ3v) is 4.17. The second kappa shape index (κ2) is 8.03. The van der Waals surface area contributed by atoms with Gasteiger partial charge in [0.2, 0.25) is 5.60 Å². The summed E-state index contributed by atoms with van der Waals surface area (Å²) in [5.74, 6) is -2.36. The molecule has 3 N–H and O–H groups in total. The quantitative estimate of drug-likeness (QED) is 0.649. The molecule has 2 amide bonds. The van der Waals surface area contributed by atoms with Gasteiger partial charge in [-0.2, -0.15) is 0 Å². The predicted molar refractivity (Wildman–Crippen MR) is 92.9 cm³/mol. The number of halogens is 2. The van der Waals surface area contributed by atoms with Gasteiger partial charge in [0, 0.05) is 28.4 Å². The third kappa shape index (κ3) is 4.84. The van der Waals surface area contributed by atoms with Crippen molar-refractivity contribution < 1.29 is 24.2 Å². The first-order valence-corrected chi connectivity index (χ1v) is 8.43. The fraction of sp³-hybridized carbons (Fsp3) is 0.438. The molecular weight excluding hydrogens is 371 g/mol. The molecule has 0 aromatic heterocycles. The number of carboxylic acids is 1. The van der Waals surface area contributed by atoms with Gasteiger partial charge < -0.3 is 20.5 Å². The van der Waals surface area contributed by atoms with Crippen molar-refractivity contribution in [2.24, 2.45) is 0 Å². The summed E-state index contributed by atoms with van der Waals surface area (Å²) in [6.45, 7) is 1.80. The first-order valence-electron chi connectivity index (χ1n) is 7.67. The van der Waals surface area contributed by atoms with Crippen molar-refractivity contribution in [2.75, 3.05) is 11.9 Å². The number of anilines is 1. The van der Waals surface area contributed by atoms with E-state index in [0.29, 0.717) is 22.2 Å². The van der Waals surface area contributed by atoms with Crippen LogP contribution in [0, 0.1) is 0 Å². The Bertz CT molecular complexity index is 669. The number of amides is 2. The molecule has 0 spiro atoms. The van der Waals surface area contributed by atoms with Crippen LogP contribution in [0.3, 0.4) is 0 Å². The minimum atomic E-state index is -1.71. The molecular formula is C16H18Cl2N2O5. The average Bonchev–Trinajstić information content (AvgIpc) is 2.95. The second-order valence-corrected chi connectivity index (χ2v) is 6.74. The number of aliphatic carboxylic acids is 1. The highest BCUT2D eigenvalue weighted by atomic mass is 35.5. The van der Waals surface area contributed by atoms with E-state index in [1.165, 1.54) is 18.2 Å². The molecule has 9 heteroatoms. The lowest BCUT2D eigenvalue weighted by Crippen LogP contribution is -2.56. The van der Waals surface area contributed by atoms with Crippen LogP contribution in [0.1, 0.15) is 26.2 Å². The number of carbonyl (C=O) groups excluding carboxylic acids is 2. The molecule has 0 saturated carbocycles. The van der Waals surface area contributed by atoms with E-state index in [1.54, 1.807) is 6.92 Å². The van der Waals surface area contributed by atoms with Gasteiger partial charge in [-0.1, -0.05) is 23.2 Å². The molecule has 1 aromatic rings. The lowest BCUT2D eigenvalue weighted by molar-refractivity contribution is -0.152. The van der Waals surface area contributed by atoms with E-state index in [1.807, 2.05) is 0 Å². The Balaban J connectivity index is 2.16. The van der Waals surface area contributed by atoms with Gasteiger partial charge in [0.05, 0.1) is 6.42 Å². The fourth-order valence-corrected chi connectivity index (χ4v) is 3.14. The number of ether oxygens (including phenoxy) is 1. The van der Waals surface area contributed by atoms with Crippen molar-refractivity contribution in [3.63, 3.8) is 0 Å². The summed E-state index contributed by atoms with van der Waals surface area (Å²) in [5.41, 5.74) is -1.37. The summed E-state index contributed by atoms with van der Waals surface area (Å²) in [5, 5.41) is 14.6. The summed E-state index contributed by atoms with van der Waals surface area (Å²) < 4.78 is 5.47. The zero-order valence-electron chi connectivity index (χ0n) is 13.5. The summed E-state index contributed by atoms with van der Waals surface area (Å²) >= 11 is 11.8. The van der Waals surface area contributed by atoms with Crippen LogP contribution in [0.2, 0.25) is 10.0 Å². The molecule has 7 nitrogen and oxygen atoms in total. The van der Waals surface area contributed by atoms with E-state index in [0.717, 1.165) is 0 Å². The van der Waals surface area contributed by atoms with Crippen LogP contribution in [0.15, 0.2) is 18.2 Å². The van der Waals surface area contributed by atoms with E-state index in [9.17, 15) is 14.4 Å². The lowest BCUT2D eigenvalue weighted by Gasteiger charge is -2.27. The van der Waals surface area contributed by atoms with Gasteiger partial charge in [0.25, 0.3) is 11.8 Å². The van der Waals surface area contributed by atoms with E-state index < -0.39 is 29.4 Å². The van der Waals surface area contributed by atoms with Crippen molar-refractivity contribution in [1.29, 1.82) is 0 Å². The van der Waals surface area contributed by atoms with Crippen LogP contribution in [0.4, 0.5) is 5.69 Å². The Morgan fingerprint density at radius 1 is 1.24 bits per heavy atom. The Hall–Kier alpha value is -1.83. The van der Waals surface area contributed by atoms with Gasteiger partial charge in [-0.3, -0.25) is 14.4 Å². The number of rotatable bonds is 6. The molecule has 136 valence electrons. The molecule has 0 aliphatic carbocycles. The molecule has 0 radical (unpaired) electrons. The SMILES string of the molecule is CC(CC(=O)O)NC(=O)C1(C(=O)Nc2cc(Cl)cc(Cl)c2)CCCO1. The summed E-state index contributed by atoms with van der Waals surface area (Å²) in [7, 11) is 0. The standard InChI is InChI=1S/C16H18Cl2N2O5/c1-9(5-13(21)22)19-14(23)16(3-2-4-25-16)15(24)20-12-7-10(17)6-11(18)8-12/h6-9H,2-5H2,1H3,(H,19,23)(H,20,24)(H,21,22). The van der Waals surface area contributed by atoms with Crippen LogP contribution >= 0.6 is 23.2 Å². The smallest absolute Gasteiger partial charge is 0.305 e. The number of benzene rings is 1. The lowest BCUT2D eigenvalue weighted by atomic mass is 9.97. The highest BCUT2D eigenvalue weighted by Gasteiger charge is 2.50. The minimum Gasteiger partial charge on any atom is -0.481 e. The Morgan fingerprint density at radius 3 is 2.40 bits per heavy atom. The van der Waals surface area contributed by atoms with Gasteiger partial charge >= 0.3 is 5.97 Å². The molecule has 0 bridgehead atoms. The van der Waals surface area contributed by atoms with Gasteiger partial charge in [-0.15, -0.1) is 0 Å². The van der Waals surface area contributed by atoms with Crippen LogP contribution in [0.5, 0.6) is 0 Å². The van der Waals surface area contributed by atoms with Gasteiger partial charge in [0.1, 0.15) is 0 Å². The number of nitrogens with one attached hydrogen (secondary N) is 2. The topological polar surface area (TPSA) is 105 Å². The number of hydrogen-bond acceptors (Lipinski definition) is 4. The molecule has 1 fully saturated rings. The number of carboxylic acid groups (broad SMARTS) is 1. The normalized spacial score (nSPS) is 20.8. The van der Waals surface area contributed by atoms with Crippen LogP contribution in [-0.2, 0) is 19.1 Å². The first kappa shape index (κ1) is 19.5. The van der Waals surface area contributed by atoms with Gasteiger partial charge in [-0.25, -0.2) is 0 Å². The van der Waals surface area contributed by atoms with Crippen molar-refractivity contribution >= 4 is 46.7 Å².